The lowest BCUT2D eigenvalue weighted by Crippen LogP contribution is -2.35. The van der Waals surface area contributed by atoms with Gasteiger partial charge in [-0.1, -0.05) is 26.0 Å². The van der Waals surface area contributed by atoms with Gasteiger partial charge < -0.3 is 10.6 Å². The Labute approximate surface area is 104 Å². The number of nitrogens with one attached hydrogen (secondary N) is 2. The van der Waals surface area contributed by atoms with Crippen molar-refractivity contribution in [1.29, 1.82) is 0 Å². The van der Waals surface area contributed by atoms with E-state index in [1.807, 2.05) is 19.1 Å². The number of benzene rings is 1. The summed E-state index contributed by atoms with van der Waals surface area (Å²) in [5.41, 5.74) is 2.16. The third kappa shape index (κ3) is 4.57. The van der Waals surface area contributed by atoms with Crippen molar-refractivity contribution in [1.82, 2.24) is 5.32 Å². The molecule has 94 valence electrons. The van der Waals surface area contributed by atoms with Crippen LogP contribution in [0.1, 0.15) is 26.3 Å². The molecular formula is C14H22N2O. The van der Waals surface area contributed by atoms with Crippen molar-refractivity contribution in [3.63, 3.8) is 0 Å². The van der Waals surface area contributed by atoms with E-state index < -0.39 is 0 Å². The molecular weight excluding hydrogens is 212 g/mol. The molecule has 0 aliphatic heterocycles. The molecule has 0 saturated carbocycles. The Kier molecular flexibility index (Phi) is 5.16. The normalized spacial score (nSPS) is 12.5. The van der Waals surface area contributed by atoms with Crippen LogP contribution in [0, 0.1) is 5.92 Å². The third-order valence-electron chi connectivity index (χ3n) is 2.69. The van der Waals surface area contributed by atoms with Crippen LogP contribution in [0.5, 0.6) is 0 Å². The lowest BCUT2D eigenvalue weighted by molar-refractivity contribution is -0.117. The Hall–Kier alpha value is -1.35. The van der Waals surface area contributed by atoms with Gasteiger partial charge in [-0.15, -0.1) is 0 Å². The predicted molar refractivity (Wildman–Crippen MR) is 72.1 cm³/mol. The van der Waals surface area contributed by atoms with Crippen LogP contribution in [0.15, 0.2) is 24.3 Å². The number of carbonyl (C=O) groups excluding carboxylic acids is 1. The molecule has 2 N–H and O–H groups in total. The Morgan fingerprint density at radius 2 is 1.76 bits per heavy atom. The lowest BCUT2D eigenvalue weighted by Gasteiger charge is -2.11. The quantitative estimate of drug-likeness (QED) is 0.821. The average Bonchev–Trinajstić information content (AvgIpc) is 2.30. The summed E-state index contributed by atoms with van der Waals surface area (Å²) < 4.78 is 0. The maximum absolute atomic E-state index is 11.6. The molecule has 0 spiro atoms. The van der Waals surface area contributed by atoms with E-state index in [2.05, 4.69) is 36.6 Å². The van der Waals surface area contributed by atoms with Gasteiger partial charge in [-0.3, -0.25) is 4.79 Å². The number of likely N-dealkylation sites (N-methyl/N-ethyl adjacent to an activating group) is 1. The highest BCUT2D eigenvalue weighted by atomic mass is 16.2. The molecule has 0 heterocycles. The smallest absolute Gasteiger partial charge is 0.241 e. The molecule has 0 saturated heterocycles. The number of anilines is 1. The minimum absolute atomic E-state index is 0.0101. The highest BCUT2D eigenvalue weighted by Crippen LogP contribution is 2.13. The molecule has 1 atom stereocenters. The van der Waals surface area contributed by atoms with Crippen molar-refractivity contribution in [3.05, 3.63) is 29.8 Å². The van der Waals surface area contributed by atoms with Gasteiger partial charge in [0.2, 0.25) is 5.91 Å². The van der Waals surface area contributed by atoms with Gasteiger partial charge >= 0.3 is 0 Å². The minimum atomic E-state index is -0.176. The number of hydrogen-bond donors (Lipinski definition) is 2. The second-order valence-electron chi connectivity index (χ2n) is 4.79. The summed E-state index contributed by atoms with van der Waals surface area (Å²) in [7, 11) is 1.77. The van der Waals surface area contributed by atoms with Gasteiger partial charge in [0.05, 0.1) is 6.04 Å². The Balaban J connectivity index is 2.59. The van der Waals surface area contributed by atoms with Crippen LogP contribution >= 0.6 is 0 Å². The number of carbonyl (C=O) groups is 1. The number of rotatable bonds is 5. The summed E-state index contributed by atoms with van der Waals surface area (Å²) in [5, 5.41) is 5.78. The van der Waals surface area contributed by atoms with Gasteiger partial charge in [0.25, 0.3) is 0 Å². The molecule has 0 aliphatic carbocycles. The highest BCUT2D eigenvalue weighted by molar-refractivity contribution is 5.94. The minimum Gasteiger partial charge on any atom is -0.325 e. The molecule has 0 radical (unpaired) electrons. The molecule has 1 aromatic carbocycles. The van der Waals surface area contributed by atoms with E-state index in [4.69, 9.17) is 0 Å². The highest BCUT2D eigenvalue weighted by Gasteiger charge is 2.09. The van der Waals surface area contributed by atoms with Gasteiger partial charge in [0.1, 0.15) is 0 Å². The fourth-order valence-corrected chi connectivity index (χ4v) is 1.58. The topological polar surface area (TPSA) is 41.1 Å². The van der Waals surface area contributed by atoms with E-state index in [1.165, 1.54) is 5.56 Å². The van der Waals surface area contributed by atoms with Crippen LogP contribution < -0.4 is 10.6 Å². The van der Waals surface area contributed by atoms with Crippen LogP contribution in [-0.2, 0) is 11.2 Å². The summed E-state index contributed by atoms with van der Waals surface area (Å²) in [6, 6.07) is 7.88. The van der Waals surface area contributed by atoms with Crippen LogP contribution in [0.3, 0.4) is 0 Å². The number of amides is 1. The first-order valence-electron chi connectivity index (χ1n) is 6.10. The van der Waals surface area contributed by atoms with Crippen molar-refractivity contribution in [3.8, 4) is 0 Å². The second kappa shape index (κ2) is 6.40. The standard InChI is InChI=1S/C14H22N2O/c1-10(2)9-12-5-7-13(8-6-12)16-14(17)11(3)15-4/h5-8,10-11,15H,9H2,1-4H3,(H,16,17). The van der Waals surface area contributed by atoms with Gasteiger partial charge in [0, 0.05) is 5.69 Å². The monoisotopic (exact) mass is 234 g/mol. The molecule has 0 fully saturated rings. The first-order valence-corrected chi connectivity index (χ1v) is 6.10. The predicted octanol–water partition coefficient (Wildman–Crippen LogP) is 2.43. The molecule has 1 unspecified atom stereocenters. The Morgan fingerprint density at radius 1 is 1.18 bits per heavy atom. The van der Waals surface area contributed by atoms with Gasteiger partial charge in [-0.05, 0) is 44.0 Å². The van der Waals surface area contributed by atoms with E-state index in [-0.39, 0.29) is 11.9 Å². The van der Waals surface area contributed by atoms with Crippen molar-refractivity contribution in [2.75, 3.05) is 12.4 Å². The second-order valence-corrected chi connectivity index (χ2v) is 4.79. The van der Waals surface area contributed by atoms with Gasteiger partial charge in [-0.25, -0.2) is 0 Å². The number of hydrogen-bond acceptors (Lipinski definition) is 2. The zero-order chi connectivity index (χ0) is 12.8. The van der Waals surface area contributed by atoms with Crippen LogP contribution in [0.25, 0.3) is 0 Å². The SMILES string of the molecule is CNC(C)C(=O)Nc1ccc(CC(C)C)cc1. The zero-order valence-electron chi connectivity index (χ0n) is 11.1. The molecule has 0 aromatic heterocycles. The van der Waals surface area contributed by atoms with E-state index in [0.717, 1.165) is 12.1 Å². The maximum atomic E-state index is 11.6. The van der Waals surface area contributed by atoms with E-state index in [1.54, 1.807) is 7.05 Å². The van der Waals surface area contributed by atoms with E-state index in [9.17, 15) is 4.79 Å². The molecule has 1 rings (SSSR count). The summed E-state index contributed by atoms with van der Waals surface area (Å²) >= 11 is 0. The summed E-state index contributed by atoms with van der Waals surface area (Å²) in [5.74, 6) is 0.642. The first kappa shape index (κ1) is 13.7. The largest absolute Gasteiger partial charge is 0.325 e. The molecule has 3 nitrogen and oxygen atoms in total. The van der Waals surface area contributed by atoms with Crippen molar-refractivity contribution in [2.24, 2.45) is 5.92 Å². The lowest BCUT2D eigenvalue weighted by atomic mass is 10.0. The van der Waals surface area contributed by atoms with Crippen LogP contribution in [0.2, 0.25) is 0 Å². The molecule has 1 aromatic rings. The van der Waals surface area contributed by atoms with Gasteiger partial charge in [-0.2, -0.15) is 0 Å². The first-order chi connectivity index (χ1) is 8.02. The van der Waals surface area contributed by atoms with Crippen LogP contribution in [-0.4, -0.2) is 19.0 Å². The molecule has 17 heavy (non-hydrogen) atoms. The van der Waals surface area contributed by atoms with Crippen molar-refractivity contribution < 1.29 is 4.79 Å². The molecule has 0 bridgehead atoms. The molecule has 0 aliphatic rings. The fourth-order valence-electron chi connectivity index (χ4n) is 1.58. The molecule has 1 amide bonds. The van der Waals surface area contributed by atoms with Gasteiger partial charge in [0.15, 0.2) is 0 Å². The summed E-state index contributed by atoms with van der Waals surface area (Å²) in [6.45, 7) is 6.23. The molecule has 3 heteroatoms. The van der Waals surface area contributed by atoms with E-state index in [0.29, 0.717) is 5.92 Å². The van der Waals surface area contributed by atoms with Crippen molar-refractivity contribution in [2.45, 2.75) is 33.2 Å². The zero-order valence-corrected chi connectivity index (χ0v) is 11.1. The Morgan fingerprint density at radius 3 is 2.24 bits per heavy atom. The third-order valence-corrected chi connectivity index (χ3v) is 2.69. The van der Waals surface area contributed by atoms with Crippen molar-refractivity contribution >= 4 is 11.6 Å². The maximum Gasteiger partial charge on any atom is 0.241 e. The fraction of sp³-hybridized carbons (Fsp3) is 0.500. The van der Waals surface area contributed by atoms with E-state index >= 15 is 0 Å². The van der Waals surface area contributed by atoms with Crippen LogP contribution in [0.4, 0.5) is 5.69 Å². The summed E-state index contributed by atoms with van der Waals surface area (Å²) in [6.07, 6.45) is 1.07. The average molecular weight is 234 g/mol. The summed E-state index contributed by atoms with van der Waals surface area (Å²) in [4.78, 5) is 11.6. The Bertz CT molecular complexity index is 357.